The first-order valence-corrected chi connectivity index (χ1v) is 13.3. The van der Waals surface area contributed by atoms with Gasteiger partial charge < -0.3 is 14.1 Å². The van der Waals surface area contributed by atoms with Crippen LogP contribution in [0.4, 0.5) is 0 Å². The first-order chi connectivity index (χ1) is 18.1. The molecule has 1 aliphatic rings. The van der Waals surface area contributed by atoms with Gasteiger partial charge in [0.2, 0.25) is 0 Å². The molecule has 0 radical (unpaired) electrons. The lowest BCUT2D eigenvalue weighted by Crippen LogP contribution is -2.35. The highest BCUT2D eigenvalue weighted by molar-refractivity contribution is 7.09. The predicted molar refractivity (Wildman–Crippen MR) is 140 cm³/mol. The monoisotopic (exact) mass is 516 g/mol. The second-order valence-corrected chi connectivity index (χ2v) is 10.5. The average molecular weight is 517 g/mol. The Morgan fingerprint density at radius 1 is 1.22 bits per heavy atom. The van der Waals surface area contributed by atoms with Crippen molar-refractivity contribution >= 4 is 22.2 Å². The smallest absolute Gasteiger partial charge is 0.253 e. The number of rotatable bonds is 9. The van der Waals surface area contributed by atoms with Gasteiger partial charge in [-0.1, -0.05) is 18.2 Å². The lowest BCUT2D eigenvalue weighted by atomic mass is 10.0. The molecule has 4 aromatic heterocycles. The molecule has 10 heteroatoms. The van der Waals surface area contributed by atoms with Crippen LogP contribution in [0.1, 0.15) is 46.5 Å². The number of tetrazole rings is 1. The van der Waals surface area contributed by atoms with Crippen LogP contribution in [0.3, 0.4) is 0 Å². The SMILES string of the molecule is Cc1ccc2cc([C@@H](c3nnnn3C[C@@H]3CCCO3)N(Cc3ccco3)Cc3cccs3)c(=O)[nH]c2c1. The summed E-state index contributed by atoms with van der Waals surface area (Å²) < 4.78 is 13.4. The van der Waals surface area contributed by atoms with Crippen LogP contribution in [0.2, 0.25) is 0 Å². The van der Waals surface area contributed by atoms with E-state index in [9.17, 15) is 4.79 Å². The van der Waals surface area contributed by atoms with Crippen molar-refractivity contribution in [2.75, 3.05) is 6.61 Å². The summed E-state index contributed by atoms with van der Waals surface area (Å²) in [5.74, 6) is 1.41. The second-order valence-electron chi connectivity index (χ2n) is 9.46. The van der Waals surface area contributed by atoms with Gasteiger partial charge >= 0.3 is 0 Å². The predicted octanol–water partition coefficient (Wildman–Crippen LogP) is 4.45. The maximum absolute atomic E-state index is 13.6. The Balaban J connectivity index is 1.49. The highest BCUT2D eigenvalue weighted by Crippen LogP contribution is 2.31. The van der Waals surface area contributed by atoms with Gasteiger partial charge in [0.05, 0.1) is 25.5 Å². The molecule has 1 fully saturated rings. The third kappa shape index (κ3) is 5.13. The topological polar surface area (TPSA) is 102 Å². The third-order valence-electron chi connectivity index (χ3n) is 6.77. The van der Waals surface area contributed by atoms with Crippen molar-refractivity contribution in [2.45, 2.75) is 51.5 Å². The van der Waals surface area contributed by atoms with E-state index in [1.165, 1.54) is 4.88 Å². The minimum Gasteiger partial charge on any atom is -0.468 e. The largest absolute Gasteiger partial charge is 0.468 e. The van der Waals surface area contributed by atoms with Crippen LogP contribution in [0.5, 0.6) is 0 Å². The van der Waals surface area contributed by atoms with Crippen molar-refractivity contribution in [3.63, 3.8) is 0 Å². The molecule has 1 N–H and O–H groups in total. The molecule has 2 atom stereocenters. The first kappa shape index (κ1) is 23.8. The Kier molecular flexibility index (Phi) is 6.69. The van der Waals surface area contributed by atoms with Gasteiger partial charge in [-0.25, -0.2) is 4.68 Å². The Bertz CT molecular complexity index is 1480. The molecule has 1 saturated heterocycles. The lowest BCUT2D eigenvalue weighted by Gasteiger charge is -2.30. The molecule has 1 aliphatic heterocycles. The van der Waals surface area contributed by atoms with Crippen molar-refractivity contribution in [1.29, 1.82) is 0 Å². The average Bonchev–Trinajstić information content (AvgIpc) is 3.70. The molecule has 0 aliphatic carbocycles. The van der Waals surface area contributed by atoms with Crippen molar-refractivity contribution in [3.8, 4) is 0 Å². The number of nitrogens with zero attached hydrogens (tertiary/aromatic N) is 5. The molecule has 0 unspecified atom stereocenters. The Hall–Kier alpha value is -3.60. The van der Waals surface area contributed by atoms with E-state index >= 15 is 0 Å². The van der Waals surface area contributed by atoms with Gasteiger partial charge in [-0.3, -0.25) is 9.69 Å². The molecule has 0 saturated carbocycles. The van der Waals surface area contributed by atoms with Gasteiger partial charge in [-0.2, -0.15) is 0 Å². The Morgan fingerprint density at radius 3 is 2.95 bits per heavy atom. The number of hydrogen-bond acceptors (Lipinski definition) is 8. The van der Waals surface area contributed by atoms with Gasteiger partial charge in [0, 0.05) is 29.1 Å². The summed E-state index contributed by atoms with van der Waals surface area (Å²) in [6, 6.07) is 15.5. The van der Waals surface area contributed by atoms with Crippen LogP contribution < -0.4 is 5.56 Å². The van der Waals surface area contributed by atoms with Gasteiger partial charge in [0.1, 0.15) is 11.8 Å². The fourth-order valence-electron chi connectivity index (χ4n) is 5.00. The zero-order chi connectivity index (χ0) is 25.2. The molecule has 6 rings (SSSR count). The number of thiophene rings is 1. The second kappa shape index (κ2) is 10.4. The molecule has 5 aromatic rings. The number of furan rings is 1. The summed E-state index contributed by atoms with van der Waals surface area (Å²) in [5, 5.41) is 15.8. The minimum absolute atomic E-state index is 0.0524. The van der Waals surface area contributed by atoms with Gasteiger partial charge in [0.25, 0.3) is 5.56 Å². The van der Waals surface area contributed by atoms with Crippen molar-refractivity contribution in [3.05, 3.63) is 98.1 Å². The van der Waals surface area contributed by atoms with E-state index in [0.29, 0.717) is 31.0 Å². The highest BCUT2D eigenvalue weighted by atomic mass is 32.1. The number of benzene rings is 1. The summed E-state index contributed by atoms with van der Waals surface area (Å²) in [5.41, 5.74) is 2.32. The zero-order valence-corrected chi connectivity index (χ0v) is 21.4. The molecule has 0 bridgehead atoms. The molecule has 0 spiro atoms. The van der Waals surface area contributed by atoms with Gasteiger partial charge in [0.15, 0.2) is 5.82 Å². The number of fused-ring (bicyclic) bond motifs is 1. The number of nitrogens with one attached hydrogen (secondary N) is 1. The van der Waals surface area contributed by atoms with Crippen LogP contribution in [0.15, 0.2) is 69.4 Å². The normalized spacial score (nSPS) is 16.6. The van der Waals surface area contributed by atoms with Crippen LogP contribution >= 0.6 is 11.3 Å². The van der Waals surface area contributed by atoms with E-state index < -0.39 is 6.04 Å². The molecular formula is C27H28N6O3S. The molecule has 190 valence electrons. The van der Waals surface area contributed by atoms with Crippen molar-refractivity contribution in [1.82, 2.24) is 30.1 Å². The van der Waals surface area contributed by atoms with Crippen LogP contribution in [0, 0.1) is 6.92 Å². The maximum atomic E-state index is 13.6. The Morgan fingerprint density at radius 2 is 2.16 bits per heavy atom. The Labute approximate surface area is 217 Å². The van der Waals surface area contributed by atoms with E-state index in [2.05, 4.69) is 36.9 Å². The minimum atomic E-state index is -0.516. The number of hydrogen-bond donors (Lipinski definition) is 1. The van der Waals surface area contributed by atoms with E-state index in [1.807, 2.05) is 49.4 Å². The zero-order valence-electron chi connectivity index (χ0n) is 20.5. The first-order valence-electron chi connectivity index (χ1n) is 12.4. The molecule has 9 nitrogen and oxygen atoms in total. The number of aryl methyl sites for hydroxylation is 1. The number of ether oxygens (including phenoxy) is 1. The third-order valence-corrected chi connectivity index (χ3v) is 7.63. The maximum Gasteiger partial charge on any atom is 0.253 e. The highest BCUT2D eigenvalue weighted by Gasteiger charge is 2.32. The quantitative estimate of drug-likeness (QED) is 0.309. The fraction of sp³-hybridized carbons (Fsp3) is 0.333. The van der Waals surface area contributed by atoms with Crippen LogP contribution in [-0.2, 0) is 24.4 Å². The molecule has 37 heavy (non-hydrogen) atoms. The van der Waals surface area contributed by atoms with Crippen LogP contribution in [0.25, 0.3) is 10.9 Å². The van der Waals surface area contributed by atoms with Crippen molar-refractivity contribution in [2.24, 2.45) is 0 Å². The lowest BCUT2D eigenvalue weighted by molar-refractivity contribution is 0.0901. The summed E-state index contributed by atoms with van der Waals surface area (Å²) >= 11 is 1.68. The number of H-pyrrole nitrogens is 1. The van der Waals surface area contributed by atoms with E-state index in [0.717, 1.165) is 41.7 Å². The molecule has 5 heterocycles. The van der Waals surface area contributed by atoms with Gasteiger partial charge in [-0.15, -0.1) is 16.4 Å². The van der Waals surface area contributed by atoms with Gasteiger partial charge in [-0.05, 0) is 76.9 Å². The number of aromatic amines is 1. The molecular weight excluding hydrogens is 488 g/mol. The number of pyridine rings is 1. The van der Waals surface area contributed by atoms with Crippen molar-refractivity contribution < 1.29 is 9.15 Å². The van der Waals surface area contributed by atoms with E-state index in [1.54, 1.807) is 22.3 Å². The summed E-state index contributed by atoms with van der Waals surface area (Å²) in [4.78, 5) is 20.1. The summed E-state index contributed by atoms with van der Waals surface area (Å²) in [6.45, 7) is 4.38. The van der Waals surface area contributed by atoms with E-state index in [-0.39, 0.29) is 11.7 Å². The van der Waals surface area contributed by atoms with E-state index in [4.69, 9.17) is 9.15 Å². The summed E-state index contributed by atoms with van der Waals surface area (Å²) in [6.07, 6.45) is 3.71. The van der Waals surface area contributed by atoms with Crippen LogP contribution in [-0.4, -0.2) is 42.8 Å². The summed E-state index contributed by atoms with van der Waals surface area (Å²) in [7, 11) is 0. The number of aromatic nitrogens is 5. The molecule has 0 amide bonds. The molecule has 1 aromatic carbocycles. The fourth-order valence-corrected chi connectivity index (χ4v) is 5.73. The standard InChI is InChI=1S/C27H28N6O3S/c1-18-8-9-19-14-23(27(34)28-24(19)13-18)25(26-29-30-31-33(26)16-21-6-3-11-36-21)32(15-20-5-2-10-35-20)17-22-7-4-12-37-22/h2,4-5,7-10,12-14,21,25H,3,6,11,15-17H2,1H3,(H,28,34)/t21-,25-/m0/s1.